The van der Waals surface area contributed by atoms with Gasteiger partial charge in [-0.15, -0.1) is 0 Å². The minimum atomic E-state index is -4.89. The molecule has 312 valence electrons. The van der Waals surface area contributed by atoms with E-state index in [1.165, 1.54) is 18.2 Å². The minimum absolute atomic E-state index is 0.00255. The zero-order chi connectivity index (χ0) is 41.5. The predicted molar refractivity (Wildman–Crippen MR) is 207 cm³/mol. The minimum Gasteiger partial charge on any atom is -0.494 e. The molecule has 3 fully saturated rings. The number of alkyl carbamates (subject to hydrolysis) is 1. The maximum absolute atomic E-state index is 15.2. The Kier molecular flexibility index (Phi) is 11.9. The van der Waals surface area contributed by atoms with Crippen molar-refractivity contribution in [3.05, 3.63) is 42.6 Å². The van der Waals surface area contributed by atoms with Gasteiger partial charge in [0.1, 0.15) is 29.5 Å². The number of hydrogen-bond acceptors (Lipinski definition) is 8. The second-order valence-corrected chi connectivity index (χ2v) is 18.2. The lowest BCUT2D eigenvalue weighted by Crippen LogP contribution is -2.59. The number of halogens is 4. The monoisotopic (exact) mass is 821 g/mol. The van der Waals surface area contributed by atoms with Crippen molar-refractivity contribution in [2.45, 2.75) is 120 Å². The molecular formula is C40H51F4N5O7S. The van der Waals surface area contributed by atoms with Gasteiger partial charge in [-0.25, -0.2) is 14.2 Å². The van der Waals surface area contributed by atoms with Crippen molar-refractivity contribution in [3.63, 3.8) is 0 Å². The van der Waals surface area contributed by atoms with Gasteiger partial charge in [0, 0.05) is 23.1 Å². The Balaban J connectivity index is 1.35. The standard InChI is InChI=1S/C40H51F4N5O7S/c1-7-57(38(41)16-17-38)48-35(52)39-20-25(39)13-9-8-12-23(2)18-24(3)31(46-36(53)56-37(4,5)40(42,43)44)34(51)49-22-26(19-29(49)32(50)47-39)55-33-28-15-11-10-14-27(28)30(54-6)21-45-33/h7,9-11,13-15,21,23-26,29,31H,8,12,16-20,22H2,1-6H3,(H,46,53)(H,47,50)(H,48,52)/b13-9-/t23-,24-,25-,26-,29+,31+,39-,57?/m1/s1. The Hall–Kier alpha value is -4.41. The number of aromatic nitrogens is 1. The van der Waals surface area contributed by atoms with E-state index in [9.17, 15) is 32.3 Å². The molecule has 12 nitrogen and oxygen atoms in total. The SMILES string of the molecule is C/C=S(/NC(=O)[C@@]12C[C@H]1/C=C\CC[C@@H](C)C[C@@H](C)[C@H](NC(=O)OC(C)(C)C(F)(F)F)C(=O)N1C[C@H](Oc3ncc(OC)c4ccccc34)C[C@H]1C(=O)N2)C1(F)CC1. The summed E-state index contributed by atoms with van der Waals surface area (Å²) in [4.78, 5) is 62.2. The number of carbonyl (C=O) groups excluding carboxylic acids is 4. The van der Waals surface area contributed by atoms with Crippen LogP contribution in [0.4, 0.5) is 22.4 Å². The number of rotatable bonds is 8. The molecule has 8 atom stereocenters. The van der Waals surface area contributed by atoms with Crippen LogP contribution in [0, 0.1) is 17.8 Å². The molecule has 1 aromatic carbocycles. The van der Waals surface area contributed by atoms with Gasteiger partial charge in [0.05, 0.1) is 19.9 Å². The topological polar surface area (TPSA) is 148 Å². The third-order valence-electron chi connectivity index (χ3n) is 11.4. The van der Waals surface area contributed by atoms with Gasteiger partial charge in [-0.1, -0.05) is 54.9 Å². The number of hydrogen-bond donors (Lipinski definition) is 3. The van der Waals surface area contributed by atoms with E-state index in [1.807, 2.05) is 31.2 Å². The molecule has 0 bridgehead atoms. The highest BCUT2D eigenvalue weighted by Crippen LogP contribution is 2.53. The van der Waals surface area contributed by atoms with Gasteiger partial charge in [-0.2, -0.15) is 13.2 Å². The van der Waals surface area contributed by atoms with E-state index in [-0.39, 0.29) is 31.2 Å². The number of ether oxygens (including phenoxy) is 3. The van der Waals surface area contributed by atoms with Crippen LogP contribution in [0.3, 0.4) is 0 Å². The fourth-order valence-electron chi connectivity index (χ4n) is 7.69. The molecule has 0 spiro atoms. The average molecular weight is 822 g/mol. The smallest absolute Gasteiger partial charge is 0.427 e. The molecule has 17 heteroatoms. The molecule has 1 unspecified atom stereocenters. The molecule has 2 aromatic rings. The van der Waals surface area contributed by atoms with Crippen LogP contribution in [0.15, 0.2) is 42.6 Å². The number of amides is 4. The maximum Gasteiger partial charge on any atom is 0.427 e. The van der Waals surface area contributed by atoms with Crippen LogP contribution >= 0.6 is 10.7 Å². The van der Waals surface area contributed by atoms with Gasteiger partial charge in [0.25, 0.3) is 5.91 Å². The number of pyridine rings is 1. The van der Waals surface area contributed by atoms with E-state index in [0.717, 1.165) is 0 Å². The number of fused-ring (bicyclic) bond motifs is 3. The molecule has 6 rings (SSSR count). The average Bonchev–Trinajstić information content (AvgIpc) is 4.03. The molecule has 1 aromatic heterocycles. The molecule has 1 saturated heterocycles. The van der Waals surface area contributed by atoms with Crippen molar-refractivity contribution in [1.29, 1.82) is 0 Å². The Bertz CT molecular complexity index is 1960. The Morgan fingerprint density at radius 3 is 2.46 bits per heavy atom. The summed E-state index contributed by atoms with van der Waals surface area (Å²) >= 11 is 0. The quantitative estimate of drug-likeness (QED) is 0.156. The van der Waals surface area contributed by atoms with Crippen molar-refractivity contribution in [2.75, 3.05) is 13.7 Å². The first-order valence-electron chi connectivity index (χ1n) is 19.3. The molecule has 4 amide bonds. The molecule has 2 aliphatic carbocycles. The predicted octanol–water partition coefficient (Wildman–Crippen LogP) is 6.50. The number of carbonyl (C=O) groups is 4. The first-order valence-corrected chi connectivity index (χ1v) is 20.6. The largest absolute Gasteiger partial charge is 0.494 e. The van der Waals surface area contributed by atoms with Gasteiger partial charge in [0.15, 0.2) is 5.00 Å². The summed E-state index contributed by atoms with van der Waals surface area (Å²) in [6.07, 6.45) is 0.650. The molecule has 0 radical (unpaired) electrons. The number of benzene rings is 1. The summed E-state index contributed by atoms with van der Waals surface area (Å²) in [5.41, 5.74) is -4.28. The molecule has 2 saturated carbocycles. The summed E-state index contributed by atoms with van der Waals surface area (Å²) in [6.45, 7) is 6.61. The highest BCUT2D eigenvalue weighted by Gasteiger charge is 2.62. The van der Waals surface area contributed by atoms with Crippen LogP contribution in [0.2, 0.25) is 0 Å². The molecule has 3 N–H and O–H groups in total. The molecule has 57 heavy (non-hydrogen) atoms. The first kappa shape index (κ1) is 42.2. The van der Waals surface area contributed by atoms with Gasteiger partial charge in [-0.3, -0.25) is 14.4 Å². The van der Waals surface area contributed by atoms with E-state index in [1.54, 1.807) is 31.3 Å². The third-order valence-corrected chi connectivity index (χ3v) is 13.5. The van der Waals surface area contributed by atoms with E-state index in [0.29, 0.717) is 62.5 Å². The normalized spacial score (nSPS) is 30.1. The molecular weight excluding hydrogens is 771 g/mol. The van der Waals surface area contributed by atoms with Gasteiger partial charge < -0.3 is 34.5 Å². The van der Waals surface area contributed by atoms with E-state index >= 15 is 4.39 Å². The maximum atomic E-state index is 15.2. The lowest BCUT2D eigenvalue weighted by atomic mass is 9.88. The van der Waals surface area contributed by atoms with Crippen LogP contribution in [0.25, 0.3) is 10.8 Å². The van der Waals surface area contributed by atoms with Crippen molar-refractivity contribution in [1.82, 2.24) is 25.2 Å². The summed E-state index contributed by atoms with van der Waals surface area (Å²) in [5, 5.41) is 6.76. The lowest BCUT2D eigenvalue weighted by molar-refractivity contribution is -0.244. The fraction of sp³-hybridized carbons (Fsp3) is 0.600. The first-order chi connectivity index (χ1) is 26.8. The van der Waals surface area contributed by atoms with Crippen LogP contribution in [-0.2, 0) is 19.1 Å². The van der Waals surface area contributed by atoms with Gasteiger partial charge in [-0.05, 0) is 82.6 Å². The molecule has 3 heterocycles. The zero-order valence-corrected chi connectivity index (χ0v) is 33.7. The van der Waals surface area contributed by atoms with Crippen molar-refractivity contribution in [2.24, 2.45) is 17.8 Å². The second-order valence-electron chi connectivity index (χ2n) is 16.2. The van der Waals surface area contributed by atoms with Gasteiger partial charge >= 0.3 is 12.3 Å². The number of methoxy groups -OCH3 is 1. The number of nitrogens with one attached hydrogen (secondary N) is 3. The highest BCUT2D eigenvalue weighted by atomic mass is 32.2. The van der Waals surface area contributed by atoms with E-state index < -0.39 is 86.8 Å². The van der Waals surface area contributed by atoms with E-state index in [4.69, 9.17) is 14.2 Å². The fourth-order valence-corrected chi connectivity index (χ4v) is 9.33. The van der Waals surface area contributed by atoms with E-state index in [2.05, 4.69) is 20.3 Å². The number of nitrogens with zero attached hydrogens (tertiary/aromatic N) is 2. The Morgan fingerprint density at radius 2 is 1.81 bits per heavy atom. The van der Waals surface area contributed by atoms with Crippen molar-refractivity contribution < 1.29 is 51.0 Å². The van der Waals surface area contributed by atoms with Crippen LogP contribution in [-0.4, -0.2) is 93.2 Å². The van der Waals surface area contributed by atoms with Crippen LogP contribution < -0.4 is 24.8 Å². The van der Waals surface area contributed by atoms with Crippen molar-refractivity contribution >= 4 is 50.6 Å². The Morgan fingerprint density at radius 1 is 1.11 bits per heavy atom. The highest BCUT2D eigenvalue weighted by molar-refractivity contribution is 8.15. The zero-order valence-electron chi connectivity index (χ0n) is 32.9. The number of alkyl halides is 4. The van der Waals surface area contributed by atoms with Crippen LogP contribution in [0.5, 0.6) is 11.6 Å². The Labute approximate surface area is 331 Å². The summed E-state index contributed by atoms with van der Waals surface area (Å²) < 4.78 is 76.0. The van der Waals surface area contributed by atoms with Crippen molar-refractivity contribution in [3.8, 4) is 11.6 Å². The second kappa shape index (κ2) is 16.1. The summed E-state index contributed by atoms with van der Waals surface area (Å²) in [6, 6.07) is 4.60. The van der Waals surface area contributed by atoms with Crippen LogP contribution in [0.1, 0.15) is 79.6 Å². The number of allylic oxidation sites excluding steroid dienone is 1. The molecule has 4 aliphatic rings. The molecule has 2 aliphatic heterocycles. The van der Waals surface area contributed by atoms with Gasteiger partial charge in [0.2, 0.25) is 23.3 Å². The third kappa shape index (κ3) is 8.87. The summed E-state index contributed by atoms with van der Waals surface area (Å²) in [5.74, 6) is -2.22. The lowest BCUT2D eigenvalue weighted by Gasteiger charge is -2.34. The summed E-state index contributed by atoms with van der Waals surface area (Å²) in [7, 11) is 0.326.